The standard InChI is InChI=1S/C20H18ClN7O3/c1-31-15-5-2-11(21)7-13(15)24-16-8-17(23-12-3-4-12)28-18(26-16)10(9-22-28)6-14-19(29)27-20(30)25-14/h2,5-9,12,24,29H,3-4H2,1H3,(H2,25,27,30)/b10-6-,23-17?. The van der Waals surface area contributed by atoms with E-state index < -0.39 is 5.69 Å². The number of benzene rings is 1. The van der Waals surface area contributed by atoms with Crippen LogP contribution in [0.1, 0.15) is 18.5 Å². The number of rotatable bonds is 5. The van der Waals surface area contributed by atoms with E-state index in [1.54, 1.807) is 48.2 Å². The highest BCUT2D eigenvalue weighted by Crippen LogP contribution is 2.29. The summed E-state index contributed by atoms with van der Waals surface area (Å²) in [5.41, 5.74) is 1.53. The van der Waals surface area contributed by atoms with Gasteiger partial charge in [0, 0.05) is 16.3 Å². The van der Waals surface area contributed by atoms with E-state index >= 15 is 0 Å². The second-order valence-corrected chi connectivity index (χ2v) is 7.59. The van der Waals surface area contributed by atoms with E-state index in [4.69, 9.17) is 21.3 Å². The number of fused-ring (bicyclic) bond motifs is 1. The number of H-pyrrole nitrogens is 2. The van der Waals surface area contributed by atoms with Crippen LogP contribution in [0.5, 0.6) is 11.6 Å². The number of halogens is 1. The van der Waals surface area contributed by atoms with Gasteiger partial charge in [0.2, 0.25) is 5.88 Å². The molecule has 10 nitrogen and oxygen atoms in total. The van der Waals surface area contributed by atoms with Gasteiger partial charge in [-0.05, 0) is 37.1 Å². The molecule has 31 heavy (non-hydrogen) atoms. The van der Waals surface area contributed by atoms with E-state index in [9.17, 15) is 9.90 Å². The van der Waals surface area contributed by atoms with Crippen LogP contribution in [0.4, 0.5) is 11.5 Å². The van der Waals surface area contributed by atoms with Crippen molar-refractivity contribution in [3.05, 3.63) is 62.4 Å². The van der Waals surface area contributed by atoms with E-state index in [0.717, 1.165) is 12.8 Å². The lowest BCUT2D eigenvalue weighted by molar-refractivity contribution is 0.417. The number of imidazole rings is 1. The molecule has 4 aromatic rings. The summed E-state index contributed by atoms with van der Waals surface area (Å²) in [6.07, 6.45) is 5.26. The van der Waals surface area contributed by atoms with Gasteiger partial charge >= 0.3 is 5.69 Å². The molecule has 3 heterocycles. The Morgan fingerprint density at radius 1 is 1.35 bits per heavy atom. The fourth-order valence-electron chi connectivity index (χ4n) is 3.18. The molecule has 1 aliphatic carbocycles. The lowest BCUT2D eigenvalue weighted by Gasteiger charge is -2.11. The molecular formula is C20H18ClN7O3. The fraction of sp³-hybridized carbons (Fsp3) is 0.200. The number of anilines is 2. The Kier molecular flexibility index (Phi) is 4.63. The van der Waals surface area contributed by atoms with Gasteiger partial charge in [-0.3, -0.25) is 9.98 Å². The van der Waals surface area contributed by atoms with Gasteiger partial charge in [0.25, 0.3) is 0 Å². The van der Waals surface area contributed by atoms with Gasteiger partial charge in [-0.2, -0.15) is 9.61 Å². The van der Waals surface area contributed by atoms with Gasteiger partial charge in [-0.25, -0.2) is 9.78 Å². The van der Waals surface area contributed by atoms with E-state index in [-0.39, 0.29) is 17.6 Å². The van der Waals surface area contributed by atoms with E-state index in [2.05, 4.69) is 25.4 Å². The molecule has 0 spiro atoms. The van der Waals surface area contributed by atoms with Crippen LogP contribution in [0.25, 0.3) is 11.7 Å². The van der Waals surface area contributed by atoms with Crippen LogP contribution in [-0.4, -0.2) is 42.8 Å². The summed E-state index contributed by atoms with van der Waals surface area (Å²) >= 11 is 6.15. The molecule has 1 aromatic carbocycles. The monoisotopic (exact) mass is 439 g/mol. The van der Waals surface area contributed by atoms with Crippen molar-refractivity contribution in [1.29, 1.82) is 0 Å². The van der Waals surface area contributed by atoms with Crippen molar-refractivity contribution in [2.75, 3.05) is 12.4 Å². The van der Waals surface area contributed by atoms with Crippen LogP contribution in [0, 0.1) is 0 Å². The van der Waals surface area contributed by atoms with Crippen molar-refractivity contribution >= 4 is 34.8 Å². The number of hydrogen-bond acceptors (Lipinski definition) is 7. The van der Waals surface area contributed by atoms with E-state index in [1.165, 1.54) is 0 Å². The minimum absolute atomic E-state index is 0.234. The molecule has 0 unspecified atom stereocenters. The average Bonchev–Trinajstić information content (AvgIpc) is 3.37. The SMILES string of the molecule is COc1ccc(Cl)cc1Nc1cc(=NC2CC2)n2nc/c(=C/c3[nH]c(=O)[nH]c3O)c2n1. The normalized spacial score (nSPS) is 15.0. The number of nitrogens with one attached hydrogen (secondary N) is 3. The number of methoxy groups -OCH3 is 1. The minimum atomic E-state index is -0.506. The van der Waals surface area contributed by atoms with Gasteiger partial charge in [-0.15, -0.1) is 0 Å². The van der Waals surface area contributed by atoms with E-state index in [0.29, 0.717) is 38.6 Å². The molecule has 0 saturated heterocycles. The summed E-state index contributed by atoms with van der Waals surface area (Å²) in [4.78, 5) is 25.7. The van der Waals surface area contributed by atoms with Crippen LogP contribution < -0.4 is 26.4 Å². The number of aromatic amines is 2. The Morgan fingerprint density at radius 2 is 2.19 bits per heavy atom. The highest BCUT2D eigenvalue weighted by atomic mass is 35.5. The maximum Gasteiger partial charge on any atom is 0.326 e. The van der Waals surface area contributed by atoms with Crippen molar-refractivity contribution in [3.8, 4) is 11.6 Å². The summed E-state index contributed by atoms with van der Waals surface area (Å²) in [6, 6.07) is 7.32. The molecular weight excluding hydrogens is 422 g/mol. The van der Waals surface area contributed by atoms with Crippen LogP contribution >= 0.6 is 11.6 Å². The quantitative estimate of drug-likeness (QED) is 0.372. The molecule has 0 radical (unpaired) electrons. The molecule has 5 rings (SSSR count). The van der Waals surface area contributed by atoms with Gasteiger partial charge in [-0.1, -0.05) is 11.6 Å². The van der Waals surface area contributed by atoms with E-state index in [1.807, 2.05) is 0 Å². The topological polar surface area (TPSA) is 133 Å². The molecule has 0 bridgehead atoms. The fourth-order valence-corrected chi connectivity index (χ4v) is 3.35. The maximum absolute atomic E-state index is 11.5. The van der Waals surface area contributed by atoms with Crippen LogP contribution in [0.15, 0.2) is 40.2 Å². The number of hydrogen-bond donors (Lipinski definition) is 4. The van der Waals surface area contributed by atoms with Crippen LogP contribution in [-0.2, 0) is 0 Å². The first-order valence-electron chi connectivity index (χ1n) is 9.56. The molecule has 11 heteroatoms. The first-order valence-corrected chi connectivity index (χ1v) is 9.94. The second-order valence-electron chi connectivity index (χ2n) is 7.15. The predicted octanol–water partition coefficient (Wildman–Crippen LogP) is 1.47. The van der Waals surface area contributed by atoms with Crippen molar-refractivity contribution in [3.63, 3.8) is 0 Å². The predicted molar refractivity (Wildman–Crippen MR) is 115 cm³/mol. The summed E-state index contributed by atoms with van der Waals surface area (Å²) in [7, 11) is 1.58. The van der Waals surface area contributed by atoms with Gasteiger partial charge in [0.15, 0.2) is 11.1 Å². The second kappa shape index (κ2) is 7.47. The molecule has 0 amide bonds. The van der Waals surface area contributed by atoms with Gasteiger partial charge < -0.3 is 20.1 Å². The summed E-state index contributed by atoms with van der Waals surface area (Å²) in [5, 5.41) is 18.7. The molecule has 1 fully saturated rings. The molecule has 1 saturated carbocycles. The minimum Gasteiger partial charge on any atom is -0.495 e. The largest absolute Gasteiger partial charge is 0.495 e. The third-order valence-electron chi connectivity index (χ3n) is 4.80. The Morgan fingerprint density at radius 3 is 2.90 bits per heavy atom. The van der Waals surface area contributed by atoms with Crippen molar-refractivity contribution in [1.82, 2.24) is 24.6 Å². The number of aromatic nitrogens is 5. The molecule has 158 valence electrons. The lowest BCUT2D eigenvalue weighted by atomic mass is 10.3. The van der Waals surface area contributed by atoms with Crippen LogP contribution in [0.3, 0.4) is 0 Å². The van der Waals surface area contributed by atoms with Crippen molar-refractivity contribution in [2.24, 2.45) is 4.99 Å². The third kappa shape index (κ3) is 3.84. The lowest BCUT2D eigenvalue weighted by Crippen LogP contribution is -2.20. The molecule has 1 aliphatic rings. The average molecular weight is 440 g/mol. The van der Waals surface area contributed by atoms with Crippen molar-refractivity contribution < 1.29 is 9.84 Å². The molecule has 4 N–H and O–H groups in total. The molecule has 3 aromatic heterocycles. The number of aromatic hydroxyl groups is 1. The number of nitrogens with zero attached hydrogens (tertiary/aromatic N) is 4. The maximum atomic E-state index is 11.5. The Balaban J connectivity index is 1.69. The van der Waals surface area contributed by atoms with Gasteiger partial charge in [0.05, 0.1) is 25.0 Å². The van der Waals surface area contributed by atoms with Crippen LogP contribution in [0.2, 0.25) is 5.02 Å². The smallest absolute Gasteiger partial charge is 0.326 e. The number of ether oxygens (including phenoxy) is 1. The third-order valence-corrected chi connectivity index (χ3v) is 5.04. The first-order chi connectivity index (χ1) is 15.0. The Labute approximate surface area is 179 Å². The Bertz CT molecular complexity index is 1470. The summed E-state index contributed by atoms with van der Waals surface area (Å²) in [5.74, 6) is 0.876. The molecule has 0 atom stereocenters. The highest BCUT2D eigenvalue weighted by Gasteiger charge is 2.20. The molecule has 0 aliphatic heterocycles. The zero-order valence-electron chi connectivity index (χ0n) is 16.4. The van der Waals surface area contributed by atoms with Crippen molar-refractivity contribution in [2.45, 2.75) is 18.9 Å². The first kappa shape index (κ1) is 19.2. The summed E-state index contributed by atoms with van der Waals surface area (Å²) in [6.45, 7) is 0. The highest BCUT2D eigenvalue weighted by molar-refractivity contribution is 6.31. The van der Waals surface area contributed by atoms with Gasteiger partial charge in [0.1, 0.15) is 17.3 Å². The Hall–Kier alpha value is -3.79. The summed E-state index contributed by atoms with van der Waals surface area (Å²) < 4.78 is 7.04. The zero-order valence-corrected chi connectivity index (χ0v) is 17.1. The zero-order chi connectivity index (χ0) is 21.5.